The van der Waals surface area contributed by atoms with Crippen LogP contribution in [0.2, 0.25) is 0 Å². The molecule has 0 unspecified atom stereocenters. The zero-order valence-corrected chi connectivity index (χ0v) is 10.1. The zero-order valence-electron chi connectivity index (χ0n) is 10.1. The van der Waals surface area contributed by atoms with Crippen LogP contribution in [-0.4, -0.2) is 11.1 Å². The first-order chi connectivity index (χ1) is 8.15. The predicted octanol–water partition coefficient (Wildman–Crippen LogP) is 3.66. The normalized spacial score (nSPS) is 22.6. The van der Waals surface area contributed by atoms with E-state index in [0.717, 1.165) is 24.8 Å². The second-order valence-corrected chi connectivity index (χ2v) is 4.84. The van der Waals surface area contributed by atoms with E-state index in [-0.39, 0.29) is 0 Å². The van der Waals surface area contributed by atoms with Crippen LogP contribution in [0.3, 0.4) is 0 Å². The molecule has 0 heterocycles. The fraction of sp³-hybridized carbons (Fsp3) is 0.400. The van der Waals surface area contributed by atoms with E-state index in [1.54, 1.807) is 0 Å². The van der Waals surface area contributed by atoms with Crippen LogP contribution in [0.4, 0.5) is 0 Å². The van der Waals surface area contributed by atoms with Gasteiger partial charge in [-0.15, -0.1) is 0 Å². The lowest BCUT2D eigenvalue weighted by Gasteiger charge is -2.24. The summed E-state index contributed by atoms with van der Waals surface area (Å²) in [7, 11) is 0. The molecule has 0 radical (unpaired) electrons. The summed E-state index contributed by atoms with van der Waals surface area (Å²) in [6, 6.07) is 8.60. The fourth-order valence-corrected chi connectivity index (χ4v) is 2.52. The van der Waals surface area contributed by atoms with Gasteiger partial charge in [0.1, 0.15) is 0 Å². The monoisotopic (exact) mass is 230 g/mol. The molecule has 0 aliphatic heterocycles. The lowest BCUT2D eigenvalue weighted by molar-refractivity contribution is -0.131. The Kier molecular flexibility index (Phi) is 3.62. The molecule has 1 aromatic carbocycles. The molecule has 0 bridgehead atoms. The average Bonchev–Trinajstić information content (AvgIpc) is 2.29. The van der Waals surface area contributed by atoms with E-state index >= 15 is 0 Å². The molecule has 0 saturated heterocycles. The van der Waals surface area contributed by atoms with Crippen LogP contribution < -0.4 is 0 Å². The van der Waals surface area contributed by atoms with E-state index in [1.165, 1.54) is 23.6 Å². The second kappa shape index (κ2) is 5.17. The molecule has 0 spiro atoms. The molecule has 1 N–H and O–H groups in total. The number of carboxylic acid groups (broad SMARTS) is 1. The van der Waals surface area contributed by atoms with E-state index in [4.69, 9.17) is 5.11 Å². The van der Waals surface area contributed by atoms with Gasteiger partial charge in [0.15, 0.2) is 0 Å². The topological polar surface area (TPSA) is 37.3 Å². The van der Waals surface area contributed by atoms with Gasteiger partial charge in [-0.3, -0.25) is 0 Å². The first kappa shape index (κ1) is 11.9. The third kappa shape index (κ3) is 3.19. The molecule has 0 amide bonds. The number of aliphatic carboxylic acids is 1. The quantitative estimate of drug-likeness (QED) is 0.787. The molecule has 1 aliphatic rings. The molecule has 2 rings (SSSR count). The van der Waals surface area contributed by atoms with Gasteiger partial charge in [-0.05, 0) is 44.1 Å². The van der Waals surface area contributed by atoms with Crippen molar-refractivity contribution in [1.29, 1.82) is 0 Å². The maximum atomic E-state index is 10.7. The van der Waals surface area contributed by atoms with Gasteiger partial charge >= 0.3 is 5.97 Å². The van der Waals surface area contributed by atoms with Crippen molar-refractivity contribution in [3.63, 3.8) is 0 Å². The Morgan fingerprint density at radius 1 is 1.35 bits per heavy atom. The molecule has 1 aliphatic carbocycles. The first-order valence-electron chi connectivity index (χ1n) is 6.14. The highest BCUT2D eigenvalue weighted by Crippen LogP contribution is 2.35. The Morgan fingerprint density at radius 3 is 2.71 bits per heavy atom. The first-order valence-corrected chi connectivity index (χ1v) is 6.14. The van der Waals surface area contributed by atoms with Crippen molar-refractivity contribution in [2.45, 2.75) is 38.5 Å². The van der Waals surface area contributed by atoms with Crippen LogP contribution in [0.1, 0.15) is 42.7 Å². The molecule has 1 aromatic rings. The molecule has 2 heteroatoms. The van der Waals surface area contributed by atoms with Crippen molar-refractivity contribution >= 4 is 5.97 Å². The molecule has 17 heavy (non-hydrogen) atoms. The number of hydrogen-bond donors (Lipinski definition) is 1. The number of carboxylic acids is 1. The minimum absolute atomic E-state index is 0.495. The highest BCUT2D eigenvalue weighted by molar-refractivity contribution is 5.80. The SMILES string of the molecule is Cc1ccc([C@@H]2CCC/C(=C\C(=O)O)C2)cc1. The molecule has 0 aromatic heterocycles. The van der Waals surface area contributed by atoms with E-state index in [9.17, 15) is 4.79 Å². The second-order valence-electron chi connectivity index (χ2n) is 4.84. The summed E-state index contributed by atoms with van der Waals surface area (Å²) in [5.74, 6) is -0.320. The standard InChI is InChI=1S/C15H18O2/c1-11-5-7-13(8-6-11)14-4-2-3-12(9-14)10-15(16)17/h5-8,10,14H,2-4,9H2,1H3,(H,16,17)/b12-10+/t14-/m1/s1. The van der Waals surface area contributed by atoms with Crippen LogP contribution in [0.25, 0.3) is 0 Å². The lowest BCUT2D eigenvalue weighted by Crippen LogP contribution is -2.08. The van der Waals surface area contributed by atoms with Gasteiger partial charge in [-0.2, -0.15) is 0 Å². The van der Waals surface area contributed by atoms with E-state index in [1.807, 2.05) is 0 Å². The molecule has 1 fully saturated rings. The van der Waals surface area contributed by atoms with E-state index < -0.39 is 5.97 Å². The number of rotatable bonds is 2. The van der Waals surface area contributed by atoms with Crippen LogP contribution in [-0.2, 0) is 4.79 Å². The molecule has 2 nitrogen and oxygen atoms in total. The summed E-state index contributed by atoms with van der Waals surface area (Å²) in [4.78, 5) is 10.7. The van der Waals surface area contributed by atoms with Gasteiger partial charge in [0.05, 0.1) is 0 Å². The van der Waals surface area contributed by atoms with Crippen molar-refractivity contribution in [2.24, 2.45) is 0 Å². The summed E-state index contributed by atoms with van der Waals surface area (Å²) < 4.78 is 0. The van der Waals surface area contributed by atoms with Crippen molar-refractivity contribution in [3.05, 3.63) is 47.0 Å². The molecular weight excluding hydrogens is 212 g/mol. The van der Waals surface area contributed by atoms with E-state index in [2.05, 4.69) is 31.2 Å². The summed E-state index contributed by atoms with van der Waals surface area (Å²) in [6.45, 7) is 2.08. The van der Waals surface area contributed by atoms with Crippen LogP contribution in [0.15, 0.2) is 35.9 Å². The van der Waals surface area contributed by atoms with Gasteiger partial charge < -0.3 is 5.11 Å². The largest absolute Gasteiger partial charge is 0.478 e. The van der Waals surface area contributed by atoms with Crippen molar-refractivity contribution in [1.82, 2.24) is 0 Å². The Bertz CT molecular complexity index is 429. The summed E-state index contributed by atoms with van der Waals surface area (Å²) in [5, 5.41) is 8.78. The maximum absolute atomic E-state index is 10.7. The van der Waals surface area contributed by atoms with Gasteiger partial charge in [-0.25, -0.2) is 4.79 Å². The minimum Gasteiger partial charge on any atom is -0.478 e. The molecule has 1 saturated carbocycles. The molecule has 1 atom stereocenters. The number of carbonyl (C=O) groups is 1. The number of hydrogen-bond acceptors (Lipinski definition) is 1. The summed E-state index contributed by atoms with van der Waals surface area (Å²) in [5.41, 5.74) is 3.69. The number of aryl methyl sites for hydroxylation is 1. The smallest absolute Gasteiger partial charge is 0.328 e. The third-order valence-electron chi connectivity index (χ3n) is 3.44. The zero-order chi connectivity index (χ0) is 12.3. The van der Waals surface area contributed by atoms with Gasteiger partial charge in [0.25, 0.3) is 0 Å². The fourth-order valence-electron chi connectivity index (χ4n) is 2.52. The maximum Gasteiger partial charge on any atom is 0.328 e. The summed E-state index contributed by atoms with van der Waals surface area (Å²) in [6.07, 6.45) is 5.49. The van der Waals surface area contributed by atoms with Crippen molar-refractivity contribution in [3.8, 4) is 0 Å². The van der Waals surface area contributed by atoms with Crippen molar-refractivity contribution < 1.29 is 9.90 Å². The summed E-state index contributed by atoms with van der Waals surface area (Å²) >= 11 is 0. The molecule has 90 valence electrons. The minimum atomic E-state index is -0.815. The Balaban J connectivity index is 2.12. The highest BCUT2D eigenvalue weighted by atomic mass is 16.4. The van der Waals surface area contributed by atoms with E-state index in [0.29, 0.717) is 5.92 Å². The molecular formula is C15H18O2. The number of allylic oxidation sites excluding steroid dienone is 1. The van der Waals surface area contributed by atoms with Crippen LogP contribution in [0, 0.1) is 6.92 Å². The van der Waals surface area contributed by atoms with Gasteiger partial charge in [0, 0.05) is 6.08 Å². The Labute approximate surface area is 102 Å². The van der Waals surface area contributed by atoms with Gasteiger partial charge in [-0.1, -0.05) is 35.4 Å². The van der Waals surface area contributed by atoms with Crippen LogP contribution >= 0.6 is 0 Å². The Morgan fingerprint density at radius 2 is 2.06 bits per heavy atom. The highest BCUT2D eigenvalue weighted by Gasteiger charge is 2.19. The third-order valence-corrected chi connectivity index (χ3v) is 3.44. The predicted molar refractivity (Wildman–Crippen MR) is 68.1 cm³/mol. The van der Waals surface area contributed by atoms with Crippen molar-refractivity contribution in [2.75, 3.05) is 0 Å². The lowest BCUT2D eigenvalue weighted by atomic mass is 9.81. The van der Waals surface area contributed by atoms with Crippen LogP contribution in [0.5, 0.6) is 0 Å². The average molecular weight is 230 g/mol. The number of benzene rings is 1. The van der Waals surface area contributed by atoms with Gasteiger partial charge in [0.2, 0.25) is 0 Å². The Hall–Kier alpha value is -1.57.